The largest absolute Gasteiger partial charge is 0.507 e. The van der Waals surface area contributed by atoms with Gasteiger partial charge in [0.1, 0.15) is 11.4 Å². The number of carboxylic acid groups (broad SMARTS) is 1. The number of carbonyl (C=O) groups is 2. The highest BCUT2D eigenvalue weighted by molar-refractivity contribution is 6.33. The highest BCUT2D eigenvalue weighted by atomic mass is 35.5. The number of aryl methyl sites for hydroxylation is 1. The van der Waals surface area contributed by atoms with Gasteiger partial charge in [-0.1, -0.05) is 54.1 Å². The first-order chi connectivity index (χ1) is 16.9. The zero-order valence-corrected chi connectivity index (χ0v) is 19.7. The van der Waals surface area contributed by atoms with Crippen LogP contribution in [0.1, 0.15) is 39.9 Å². The van der Waals surface area contributed by atoms with Crippen molar-refractivity contribution in [3.63, 3.8) is 0 Å². The number of nitrogens with one attached hydrogen (secondary N) is 1. The summed E-state index contributed by atoms with van der Waals surface area (Å²) in [4.78, 5) is 22.7. The third-order valence-corrected chi connectivity index (χ3v) is 6.94. The quantitative estimate of drug-likeness (QED) is 0.269. The number of hydrogen-bond acceptors (Lipinski definition) is 3. The predicted molar refractivity (Wildman–Crippen MR) is 136 cm³/mol. The Bertz CT molecular complexity index is 1440. The topological polar surface area (TPSA) is 91.6 Å². The van der Waals surface area contributed by atoms with Gasteiger partial charge in [0.05, 0.1) is 5.02 Å². The number of amides is 1. The van der Waals surface area contributed by atoms with Gasteiger partial charge >= 0.3 is 5.97 Å². The van der Waals surface area contributed by atoms with Gasteiger partial charge < -0.3 is 20.1 Å². The molecule has 7 heteroatoms. The number of phenols is 1. The van der Waals surface area contributed by atoms with Gasteiger partial charge in [0.2, 0.25) is 6.41 Å². The summed E-state index contributed by atoms with van der Waals surface area (Å²) in [6.07, 6.45) is 3.35. The van der Waals surface area contributed by atoms with Crippen LogP contribution in [-0.4, -0.2) is 27.2 Å². The summed E-state index contributed by atoms with van der Waals surface area (Å²) in [7, 11) is 1.73. The molecule has 1 aliphatic carbocycles. The molecule has 0 bridgehead atoms. The van der Waals surface area contributed by atoms with Gasteiger partial charge in [0.25, 0.3) is 0 Å². The highest BCUT2D eigenvalue weighted by Gasteiger charge is 2.42. The standard InChI is InChI=1S/C28H23ClN2O4/c1-31-14-18(10-26(31)28(34)35)20-11-22(20)23-12-21(24(29)13-25(23)30-15-32)17-8-6-16(7-9-17)19-4-2-3-5-27(19)33/h2-10,12-15,20,22,33H,11H2,1H3,(H,30,32)(H,34,35). The van der Waals surface area contributed by atoms with Gasteiger partial charge in [-0.05, 0) is 64.8 Å². The second-order valence-electron chi connectivity index (χ2n) is 8.80. The monoisotopic (exact) mass is 486 g/mol. The fourth-order valence-corrected chi connectivity index (χ4v) is 5.04. The maximum absolute atomic E-state index is 11.4. The van der Waals surface area contributed by atoms with Gasteiger partial charge in [-0.15, -0.1) is 0 Å². The molecule has 1 fully saturated rings. The molecule has 2 unspecified atom stereocenters. The molecule has 5 rings (SSSR count). The van der Waals surface area contributed by atoms with Crippen LogP contribution in [0.25, 0.3) is 22.3 Å². The Morgan fingerprint density at radius 1 is 1.03 bits per heavy atom. The van der Waals surface area contributed by atoms with Crippen molar-refractivity contribution in [1.29, 1.82) is 0 Å². The van der Waals surface area contributed by atoms with Crippen molar-refractivity contribution in [2.24, 2.45) is 7.05 Å². The van der Waals surface area contributed by atoms with Crippen LogP contribution in [0.3, 0.4) is 0 Å². The minimum absolute atomic E-state index is 0.137. The second kappa shape index (κ2) is 8.96. The van der Waals surface area contributed by atoms with Crippen molar-refractivity contribution < 1.29 is 19.8 Å². The van der Waals surface area contributed by atoms with Crippen molar-refractivity contribution in [3.8, 4) is 28.0 Å². The van der Waals surface area contributed by atoms with E-state index in [9.17, 15) is 19.8 Å². The summed E-state index contributed by atoms with van der Waals surface area (Å²) in [6.45, 7) is 0. The van der Waals surface area contributed by atoms with E-state index in [1.165, 1.54) is 0 Å². The molecule has 1 amide bonds. The first kappa shape index (κ1) is 22.7. The minimum Gasteiger partial charge on any atom is -0.507 e. The zero-order valence-electron chi connectivity index (χ0n) is 18.9. The van der Waals surface area contributed by atoms with E-state index in [4.69, 9.17) is 11.6 Å². The average molecular weight is 487 g/mol. The van der Waals surface area contributed by atoms with Crippen LogP contribution in [-0.2, 0) is 11.8 Å². The molecular weight excluding hydrogens is 464 g/mol. The summed E-state index contributed by atoms with van der Waals surface area (Å²) in [5, 5.41) is 22.8. The van der Waals surface area contributed by atoms with Crippen LogP contribution in [0.15, 0.2) is 72.9 Å². The third kappa shape index (κ3) is 4.29. The Labute approximate surface area is 207 Å². The molecule has 1 heterocycles. The molecule has 0 saturated heterocycles. The number of phenolic OH excluding ortho intramolecular Hbond substituents is 1. The normalized spacial score (nSPS) is 16.6. The maximum Gasteiger partial charge on any atom is 0.352 e. The van der Waals surface area contributed by atoms with Crippen LogP contribution < -0.4 is 5.32 Å². The first-order valence-corrected chi connectivity index (χ1v) is 11.6. The molecule has 2 atom stereocenters. The lowest BCUT2D eigenvalue weighted by Crippen LogP contribution is -2.02. The van der Waals surface area contributed by atoms with E-state index in [1.807, 2.05) is 48.7 Å². The van der Waals surface area contributed by atoms with E-state index in [1.54, 1.807) is 35.9 Å². The summed E-state index contributed by atoms with van der Waals surface area (Å²) in [5.41, 5.74) is 6.23. The Hall–Kier alpha value is -4.03. The van der Waals surface area contributed by atoms with Crippen LogP contribution in [0.5, 0.6) is 5.75 Å². The van der Waals surface area contributed by atoms with Crippen LogP contribution in [0, 0.1) is 0 Å². The van der Waals surface area contributed by atoms with Crippen molar-refractivity contribution >= 4 is 29.7 Å². The summed E-state index contributed by atoms with van der Waals surface area (Å²) < 4.78 is 1.62. The van der Waals surface area contributed by atoms with Gasteiger partial charge in [-0.3, -0.25) is 4.79 Å². The smallest absolute Gasteiger partial charge is 0.352 e. The SMILES string of the molecule is Cn1cc(C2CC2c2cc(-c3ccc(-c4ccccc4O)cc3)c(Cl)cc2NC=O)cc1C(=O)O. The third-order valence-electron chi connectivity index (χ3n) is 6.63. The predicted octanol–water partition coefficient (Wildman–Crippen LogP) is 6.26. The van der Waals surface area contributed by atoms with Crippen molar-refractivity contribution in [1.82, 2.24) is 4.57 Å². The Balaban J connectivity index is 1.49. The lowest BCUT2D eigenvalue weighted by molar-refractivity contribution is -0.105. The lowest BCUT2D eigenvalue weighted by Gasteiger charge is -2.14. The fraction of sp³-hybridized carbons (Fsp3) is 0.143. The van der Waals surface area contributed by atoms with E-state index in [2.05, 4.69) is 5.32 Å². The second-order valence-corrected chi connectivity index (χ2v) is 9.21. The molecule has 3 N–H and O–H groups in total. The van der Waals surface area contributed by atoms with Crippen molar-refractivity contribution in [3.05, 3.63) is 94.8 Å². The number of aromatic hydroxyl groups is 1. The molecule has 1 aromatic heterocycles. The number of rotatable bonds is 7. The van der Waals surface area contributed by atoms with E-state index in [0.717, 1.165) is 39.8 Å². The van der Waals surface area contributed by atoms with Crippen molar-refractivity contribution in [2.45, 2.75) is 18.3 Å². The number of nitrogens with zero attached hydrogens (tertiary/aromatic N) is 1. The molecule has 1 aliphatic rings. The number of hydrogen-bond donors (Lipinski definition) is 3. The first-order valence-electron chi connectivity index (χ1n) is 11.2. The molecule has 1 saturated carbocycles. The van der Waals surface area contributed by atoms with Crippen LogP contribution in [0.2, 0.25) is 5.02 Å². The number of para-hydroxylation sites is 1. The van der Waals surface area contributed by atoms with E-state index >= 15 is 0 Å². The fourth-order valence-electron chi connectivity index (χ4n) is 4.77. The van der Waals surface area contributed by atoms with Gasteiger partial charge in [-0.2, -0.15) is 0 Å². The Morgan fingerprint density at radius 2 is 1.71 bits per heavy atom. The van der Waals surface area contributed by atoms with E-state index in [0.29, 0.717) is 17.1 Å². The minimum atomic E-state index is -0.958. The van der Waals surface area contributed by atoms with Crippen LogP contribution in [0.4, 0.5) is 5.69 Å². The van der Waals surface area contributed by atoms with Gasteiger partial charge in [0, 0.05) is 30.1 Å². The van der Waals surface area contributed by atoms with Crippen molar-refractivity contribution in [2.75, 3.05) is 5.32 Å². The Morgan fingerprint density at radius 3 is 2.34 bits per heavy atom. The molecular formula is C28H23ClN2O4. The number of anilines is 1. The highest BCUT2D eigenvalue weighted by Crippen LogP contribution is 2.57. The molecule has 35 heavy (non-hydrogen) atoms. The summed E-state index contributed by atoms with van der Waals surface area (Å²) >= 11 is 6.63. The number of aromatic carboxylic acids is 1. The number of carboxylic acids is 1. The molecule has 0 aliphatic heterocycles. The molecule has 176 valence electrons. The number of halogens is 1. The molecule has 0 spiro atoms. The zero-order chi connectivity index (χ0) is 24.7. The number of benzene rings is 3. The Kier molecular flexibility index (Phi) is 5.83. The van der Waals surface area contributed by atoms with Gasteiger partial charge in [-0.25, -0.2) is 4.79 Å². The van der Waals surface area contributed by atoms with E-state index in [-0.39, 0.29) is 23.3 Å². The van der Waals surface area contributed by atoms with E-state index < -0.39 is 5.97 Å². The maximum atomic E-state index is 11.4. The molecule has 4 aromatic rings. The summed E-state index contributed by atoms with van der Waals surface area (Å²) in [6, 6.07) is 20.5. The molecule has 6 nitrogen and oxygen atoms in total. The van der Waals surface area contributed by atoms with Crippen LogP contribution >= 0.6 is 11.6 Å². The molecule has 0 radical (unpaired) electrons. The van der Waals surface area contributed by atoms with Gasteiger partial charge in [0.15, 0.2) is 0 Å². The number of carbonyl (C=O) groups excluding carboxylic acids is 1. The number of aromatic nitrogens is 1. The summed E-state index contributed by atoms with van der Waals surface area (Å²) in [5.74, 6) is -0.436. The lowest BCUT2D eigenvalue weighted by atomic mass is 9.96. The molecule has 3 aromatic carbocycles. The average Bonchev–Trinajstić information content (AvgIpc) is 3.53.